The molecule has 26 heavy (non-hydrogen) atoms. The van der Waals surface area contributed by atoms with E-state index in [0.29, 0.717) is 5.03 Å². The topological polar surface area (TPSA) is 97.4 Å². The van der Waals surface area contributed by atoms with E-state index in [0.717, 1.165) is 24.6 Å². The number of thioether (sulfide) groups is 1. The third kappa shape index (κ3) is 7.86. The lowest BCUT2D eigenvalue weighted by Gasteiger charge is -2.13. The first-order valence-corrected chi connectivity index (χ1v) is 9.69. The van der Waals surface area contributed by atoms with Gasteiger partial charge in [0.25, 0.3) is 5.91 Å². The fraction of sp³-hybridized carbons (Fsp3) is 0.556. The van der Waals surface area contributed by atoms with E-state index in [1.54, 1.807) is 18.3 Å². The summed E-state index contributed by atoms with van der Waals surface area (Å²) >= 11 is 1.16. The molecule has 0 unspecified atom stereocenters. The van der Waals surface area contributed by atoms with Crippen LogP contribution in [0.5, 0.6) is 0 Å². The van der Waals surface area contributed by atoms with Crippen molar-refractivity contribution in [1.29, 1.82) is 0 Å². The fourth-order valence-corrected chi connectivity index (χ4v) is 2.63. The van der Waals surface area contributed by atoms with E-state index in [-0.39, 0.29) is 41.8 Å². The number of rotatable bonds is 10. The standard InChI is InChI=1S/C18H27N3O4S/c1-5-12(3)20-15(22)10-25-18(24)14-8-7-9-19-17(14)26-11-16(23)21-13(4)6-2/h7-9,12-13H,5-6,10-11H2,1-4H3,(H,20,22)(H,21,23)/t12-,13+/m0/s1. The van der Waals surface area contributed by atoms with Crippen molar-refractivity contribution in [3.05, 3.63) is 23.9 Å². The Labute approximate surface area is 158 Å². The summed E-state index contributed by atoms with van der Waals surface area (Å²) in [6.07, 6.45) is 3.18. The minimum atomic E-state index is -0.637. The molecule has 0 aliphatic carbocycles. The highest BCUT2D eigenvalue weighted by Crippen LogP contribution is 2.20. The predicted octanol–water partition coefficient (Wildman–Crippen LogP) is 2.16. The molecule has 2 atom stereocenters. The highest BCUT2D eigenvalue weighted by atomic mass is 32.2. The molecule has 0 bridgehead atoms. The monoisotopic (exact) mass is 381 g/mol. The van der Waals surface area contributed by atoms with Crippen molar-refractivity contribution in [1.82, 2.24) is 15.6 Å². The number of carbonyl (C=O) groups excluding carboxylic acids is 3. The molecule has 0 spiro atoms. The lowest BCUT2D eigenvalue weighted by molar-refractivity contribution is -0.124. The summed E-state index contributed by atoms with van der Waals surface area (Å²) in [5.41, 5.74) is 0.241. The smallest absolute Gasteiger partial charge is 0.341 e. The minimum absolute atomic E-state index is 0.0229. The SMILES string of the molecule is CC[C@@H](C)NC(=O)CSc1ncccc1C(=O)OCC(=O)N[C@@H](C)CC. The Morgan fingerprint density at radius 1 is 1.12 bits per heavy atom. The molecule has 1 aromatic rings. The molecule has 2 N–H and O–H groups in total. The van der Waals surface area contributed by atoms with E-state index >= 15 is 0 Å². The van der Waals surface area contributed by atoms with Crippen molar-refractivity contribution in [2.24, 2.45) is 0 Å². The van der Waals surface area contributed by atoms with Gasteiger partial charge in [-0.15, -0.1) is 0 Å². The number of amides is 2. The van der Waals surface area contributed by atoms with Crippen LogP contribution in [-0.4, -0.2) is 47.2 Å². The molecule has 0 aromatic carbocycles. The van der Waals surface area contributed by atoms with Crippen LogP contribution in [0.2, 0.25) is 0 Å². The first kappa shape index (κ1) is 22.0. The molecule has 0 aliphatic heterocycles. The second-order valence-corrected chi connectivity index (χ2v) is 6.94. The second-order valence-electron chi connectivity index (χ2n) is 5.97. The molecule has 7 nitrogen and oxygen atoms in total. The Hall–Kier alpha value is -2.09. The lowest BCUT2D eigenvalue weighted by atomic mass is 10.2. The summed E-state index contributed by atoms with van der Waals surface area (Å²) in [6.45, 7) is 7.39. The van der Waals surface area contributed by atoms with Crippen molar-refractivity contribution in [3.63, 3.8) is 0 Å². The molecule has 0 fully saturated rings. The predicted molar refractivity (Wildman–Crippen MR) is 101 cm³/mol. The van der Waals surface area contributed by atoms with Crippen LogP contribution in [0.4, 0.5) is 0 Å². The molecular weight excluding hydrogens is 354 g/mol. The van der Waals surface area contributed by atoms with E-state index in [1.807, 2.05) is 27.7 Å². The highest BCUT2D eigenvalue weighted by molar-refractivity contribution is 8.00. The molecule has 2 amide bonds. The van der Waals surface area contributed by atoms with Crippen LogP contribution in [0.15, 0.2) is 23.4 Å². The van der Waals surface area contributed by atoms with Crippen LogP contribution in [0.25, 0.3) is 0 Å². The number of pyridine rings is 1. The number of esters is 1. The number of hydrogen-bond acceptors (Lipinski definition) is 6. The van der Waals surface area contributed by atoms with Crippen molar-refractivity contribution in [2.75, 3.05) is 12.4 Å². The Bertz CT molecular complexity index is 624. The molecule has 0 saturated heterocycles. The molecule has 0 radical (unpaired) electrons. The average Bonchev–Trinajstić information content (AvgIpc) is 2.64. The Balaban J connectivity index is 2.60. The quantitative estimate of drug-likeness (QED) is 0.476. The van der Waals surface area contributed by atoms with Crippen LogP contribution >= 0.6 is 11.8 Å². The summed E-state index contributed by atoms with van der Waals surface area (Å²) in [7, 11) is 0. The number of carbonyl (C=O) groups is 3. The highest BCUT2D eigenvalue weighted by Gasteiger charge is 2.17. The Kier molecular flexibility index (Phi) is 9.72. The first-order valence-electron chi connectivity index (χ1n) is 8.70. The summed E-state index contributed by atoms with van der Waals surface area (Å²) in [6, 6.07) is 3.30. The molecule has 0 aliphatic rings. The maximum Gasteiger partial charge on any atom is 0.341 e. The van der Waals surface area contributed by atoms with Gasteiger partial charge in [0.2, 0.25) is 5.91 Å². The van der Waals surface area contributed by atoms with Crippen LogP contribution in [0.1, 0.15) is 50.9 Å². The largest absolute Gasteiger partial charge is 0.452 e. The summed E-state index contributed by atoms with van der Waals surface area (Å²) in [5.74, 6) is -0.959. The van der Waals surface area contributed by atoms with Crippen LogP contribution < -0.4 is 10.6 Å². The van der Waals surface area contributed by atoms with E-state index in [1.165, 1.54) is 0 Å². The zero-order valence-corrected chi connectivity index (χ0v) is 16.5. The first-order chi connectivity index (χ1) is 12.4. The molecule has 0 saturated carbocycles. The van der Waals surface area contributed by atoms with Crippen LogP contribution in [0.3, 0.4) is 0 Å². The third-order valence-electron chi connectivity index (χ3n) is 3.70. The number of hydrogen-bond donors (Lipinski definition) is 2. The van der Waals surface area contributed by atoms with Gasteiger partial charge < -0.3 is 15.4 Å². The van der Waals surface area contributed by atoms with Gasteiger partial charge in [-0.1, -0.05) is 25.6 Å². The van der Waals surface area contributed by atoms with Crippen molar-refractivity contribution < 1.29 is 19.1 Å². The summed E-state index contributed by atoms with van der Waals surface area (Å²) in [5, 5.41) is 5.98. The molecule has 1 aromatic heterocycles. The maximum atomic E-state index is 12.2. The maximum absolute atomic E-state index is 12.2. The zero-order valence-electron chi connectivity index (χ0n) is 15.7. The van der Waals surface area contributed by atoms with Crippen molar-refractivity contribution in [2.45, 2.75) is 57.6 Å². The van der Waals surface area contributed by atoms with Gasteiger partial charge in [-0.05, 0) is 38.8 Å². The molecular formula is C18H27N3O4S. The van der Waals surface area contributed by atoms with E-state index in [2.05, 4.69) is 15.6 Å². The van der Waals surface area contributed by atoms with Gasteiger partial charge in [-0.2, -0.15) is 0 Å². The van der Waals surface area contributed by atoms with E-state index in [4.69, 9.17) is 4.74 Å². The normalized spacial score (nSPS) is 12.8. The third-order valence-corrected chi connectivity index (χ3v) is 4.71. The number of ether oxygens (including phenoxy) is 1. The zero-order chi connectivity index (χ0) is 19.5. The van der Waals surface area contributed by atoms with Gasteiger partial charge in [-0.3, -0.25) is 9.59 Å². The van der Waals surface area contributed by atoms with Gasteiger partial charge in [0.15, 0.2) is 6.61 Å². The number of nitrogens with zero attached hydrogens (tertiary/aromatic N) is 1. The Morgan fingerprint density at radius 3 is 2.35 bits per heavy atom. The summed E-state index contributed by atoms with van der Waals surface area (Å²) < 4.78 is 5.06. The lowest BCUT2D eigenvalue weighted by Crippen LogP contribution is -2.35. The van der Waals surface area contributed by atoms with Crippen molar-refractivity contribution in [3.8, 4) is 0 Å². The van der Waals surface area contributed by atoms with Crippen molar-refractivity contribution >= 4 is 29.5 Å². The fourth-order valence-electron chi connectivity index (χ4n) is 1.84. The molecule has 1 heterocycles. The molecule has 8 heteroatoms. The second kappa shape index (κ2) is 11.5. The van der Waals surface area contributed by atoms with Gasteiger partial charge in [0.1, 0.15) is 5.03 Å². The average molecular weight is 381 g/mol. The van der Waals surface area contributed by atoms with Crippen LogP contribution in [-0.2, 0) is 14.3 Å². The number of nitrogens with one attached hydrogen (secondary N) is 2. The molecule has 1 rings (SSSR count). The van der Waals surface area contributed by atoms with Crippen LogP contribution in [0, 0.1) is 0 Å². The van der Waals surface area contributed by atoms with E-state index in [9.17, 15) is 14.4 Å². The van der Waals surface area contributed by atoms with Gasteiger partial charge in [0.05, 0.1) is 11.3 Å². The number of aromatic nitrogens is 1. The molecule has 144 valence electrons. The van der Waals surface area contributed by atoms with E-state index < -0.39 is 5.97 Å². The van der Waals surface area contributed by atoms with Gasteiger partial charge in [0, 0.05) is 18.3 Å². The minimum Gasteiger partial charge on any atom is -0.452 e. The summed E-state index contributed by atoms with van der Waals surface area (Å²) in [4.78, 5) is 40.0. The van der Waals surface area contributed by atoms with Gasteiger partial charge >= 0.3 is 5.97 Å². The van der Waals surface area contributed by atoms with Gasteiger partial charge in [-0.25, -0.2) is 9.78 Å². The Morgan fingerprint density at radius 2 is 1.73 bits per heavy atom.